The molecule has 0 saturated carbocycles. The van der Waals surface area contributed by atoms with Crippen molar-refractivity contribution < 1.29 is 14.1 Å². The lowest BCUT2D eigenvalue weighted by Gasteiger charge is -2.11. The van der Waals surface area contributed by atoms with E-state index in [0.29, 0.717) is 33.6 Å². The number of hydrogen-bond donors (Lipinski definition) is 1. The summed E-state index contributed by atoms with van der Waals surface area (Å²) in [6, 6.07) is 22.0. The summed E-state index contributed by atoms with van der Waals surface area (Å²) < 4.78 is 11.1. The van der Waals surface area contributed by atoms with Crippen LogP contribution in [-0.4, -0.2) is 22.7 Å². The quantitative estimate of drug-likeness (QED) is 0.453. The Hall–Kier alpha value is -3.64. The number of halogens is 1. The number of anilines is 1. The molecule has 0 unspecified atom stereocenters. The third-order valence-corrected chi connectivity index (χ3v) is 4.77. The number of nitrogens with zero attached hydrogens (tertiary/aromatic N) is 2. The summed E-state index contributed by atoms with van der Waals surface area (Å²) in [5.74, 6) is 0.871. The highest BCUT2D eigenvalue weighted by Gasteiger charge is 2.16. The number of aromatic nitrogens is 2. The molecule has 0 atom stereocenters. The van der Waals surface area contributed by atoms with Gasteiger partial charge in [0.1, 0.15) is 5.75 Å². The van der Waals surface area contributed by atoms with Crippen LogP contribution in [0.25, 0.3) is 22.8 Å². The van der Waals surface area contributed by atoms with Crippen LogP contribution < -0.4 is 10.1 Å². The van der Waals surface area contributed by atoms with Gasteiger partial charge in [0.25, 0.3) is 11.8 Å². The van der Waals surface area contributed by atoms with Gasteiger partial charge in [-0.1, -0.05) is 59.2 Å². The molecule has 0 aliphatic heterocycles. The molecule has 1 heterocycles. The maximum Gasteiger partial charge on any atom is 0.262 e. The van der Waals surface area contributed by atoms with Gasteiger partial charge in [-0.15, -0.1) is 0 Å². The van der Waals surface area contributed by atoms with Gasteiger partial charge in [-0.25, -0.2) is 0 Å². The van der Waals surface area contributed by atoms with E-state index in [1.807, 2.05) is 55.5 Å². The van der Waals surface area contributed by atoms with Crippen molar-refractivity contribution in [2.45, 2.75) is 6.92 Å². The third kappa shape index (κ3) is 4.34. The number of benzene rings is 3. The van der Waals surface area contributed by atoms with Crippen LogP contribution >= 0.6 is 11.6 Å². The standard InChI is InChI=1S/C23H18ClN3O3/c1-15-8-2-6-12-19(15)25-21(28)14-29-20-13-7-4-10-17(20)22-26-23(30-27-22)16-9-3-5-11-18(16)24/h2-13H,14H2,1H3,(H,25,28). The highest BCUT2D eigenvalue weighted by Crippen LogP contribution is 2.31. The topological polar surface area (TPSA) is 77.2 Å². The molecule has 4 aromatic rings. The SMILES string of the molecule is Cc1ccccc1NC(=O)COc1ccccc1-c1noc(-c2ccccc2Cl)n1. The zero-order valence-electron chi connectivity index (χ0n) is 16.1. The van der Waals surface area contributed by atoms with Crippen LogP contribution in [0, 0.1) is 6.92 Å². The van der Waals surface area contributed by atoms with Crippen molar-refractivity contribution in [1.82, 2.24) is 10.1 Å². The summed E-state index contributed by atoms with van der Waals surface area (Å²) in [5.41, 5.74) is 2.99. The Kier molecular flexibility index (Phi) is 5.77. The molecule has 0 saturated heterocycles. The van der Waals surface area contributed by atoms with Gasteiger partial charge in [0.2, 0.25) is 5.82 Å². The minimum Gasteiger partial charge on any atom is -0.483 e. The smallest absolute Gasteiger partial charge is 0.262 e. The van der Waals surface area contributed by atoms with Gasteiger partial charge in [0.05, 0.1) is 16.1 Å². The van der Waals surface area contributed by atoms with Crippen LogP contribution in [0.3, 0.4) is 0 Å². The number of carbonyl (C=O) groups excluding carboxylic acids is 1. The second-order valence-electron chi connectivity index (χ2n) is 6.55. The third-order valence-electron chi connectivity index (χ3n) is 4.44. The second-order valence-corrected chi connectivity index (χ2v) is 6.96. The van der Waals surface area contributed by atoms with E-state index in [9.17, 15) is 4.79 Å². The first-order chi connectivity index (χ1) is 14.6. The monoisotopic (exact) mass is 419 g/mol. The van der Waals surface area contributed by atoms with Crippen LogP contribution in [-0.2, 0) is 4.79 Å². The second kappa shape index (κ2) is 8.80. The number of amides is 1. The van der Waals surface area contributed by atoms with Crippen molar-refractivity contribution in [3.8, 4) is 28.6 Å². The normalized spacial score (nSPS) is 10.6. The number of carbonyl (C=O) groups is 1. The van der Waals surface area contributed by atoms with Crippen LogP contribution in [0.2, 0.25) is 5.02 Å². The number of ether oxygens (including phenoxy) is 1. The average Bonchev–Trinajstić information content (AvgIpc) is 3.24. The minimum absolute atomic E-state index is 0.152. The molecule has 3 aromatic carbocycles. The predicted molar refractivity (Wildman–Crippen MR) is 115 cm³/mol. The summed E-state index contributed by atoms with van der Waals surface area (Å²) in [4.78, 5) is 16.7. The molecule has 0 aliphatic carbocycles. The Bertz CT molecular complexity index is 1190. The highest BCUT2D eigenvalue weighted by atomic mass is 35.5. The summed E-state index contributed by atoms with van der Waals surface area (Å²) in [5, 5.41) is 7.41. The number of rotatable bonds is 6. The van der Waals surface area contributed by atoms with Gasteiger partial charge >= 0.3 is 0 Å². The highest BCUT2D eigenvalue weighted by molar-refractivity contribution is 6.33. The van der Waals surface area contributed by atoms with Crippen LogP contribution in [0.4, 0.5) is 5.69 Å². The molecule has 0 aliphatic rings. The largest absolute Gasteiger partial charge is 0.483 e. The van der Waals surface area contributed by atoms with Gasteiger partial charge < -0.3 is 14.6 Å². The molecule has 150 valence electrons. The van der Waals surface area contributed by atoms with E-state index < -0.39 is 0 Å². The van der Waals surface area contributed by atoms with Crippen LogP contribution in [0.1, 0.15) is 5.56 Å². The summed E-state index contributed by atoms with van der Waals surface area (Å²) in [6.45, 7) is 1.78. The Morgan fingerprint density at radius 3 is 2.50 bits per heavy atom. The number of para-hydroxylation sites is 2. The molecular formula is C23H18ClN3O3. The van der Waals surface area contributed by atoms with Crippen LogP contribution in [0.15, 0.2) is 77.3 Å². The Morgan fingerprint density at radius 1 is 1.00 bits per heavy atom. The first-order valence-electron chi connectivity index (χ1n) is 9.28. The molecule has 1 amide bonds. The van der Waals surface area contributed by atoms with E-state index >= 15 is 0 Å². The number of nitrogens with one attached hydrogen (secondary N) is 1. The zero-order valence-corrected chi connectivity index (χ0v) is 16.9. The summed E-state index contributed by atoms with van der Waals surface area (Å²) in [6.07, 6.45) is 0. The van der Waals surface area contributed by atoms with Crippen molar-refractivity contribution in [1.29, 1.82) is 0 Å². The lowest BCUT2D eigenvalue weighted by atomic mass is 10.2. The Labute approximate surface area is 178 Å². The van der Waals surface area contributed by atoms with E-state index in [2.05, 4.69) is 15.5 Å². The minimum atomic E-state index is -0.260. The Morgan fingerprint density at radius 2 is 1.70 bits per heavy atom. The van der Waals surface area contributed by atoms with Crippen molar-refractivity contribution in [2.24, 2.45) is 0 Å². The van der Waals surface area contributed by atoms with Gasteiger partial charge in [-0.3, -0.25) is 4.79 Å². The van der Waals surface area contributed by atoms with E-state index in [-0.39, 0.29) is 12.5 Å². The molecule has 0 spiro atoms. The number of aryl methyl sites for hydroxylation is 1. The summed E-state index contributed by atoms with van der Waals surface area (Å²) in [7, 11) is 0. The van der Waals surface area contributed by atoms with Gasteiger partial charge in [-0.2, -0.15) is 4.98 Å². The number of hydrogen-bond acceptors (Lipinski definition) is 5. The zero-order chi connectivity index (χ0) is 20.9. The van der Waals surface area contributed by atoms with E-state index in [1.165, 1.54) is 0 Å². The van der Waals surface area contributed by atoms with Crippen molar-refractivity contribution >= 4 is 23.2 Å². The van der Waals surface area contributed by atoms with E-state index in [0.717, 1.165) is 11.3 Å². The average molecular weight is 420 g/mol. The van der Waals surface area contributed by atoms with Crippen molar-refractivity contribution in [3.05, 3.63) is 83.4 Å². The molecule has 6 nitrogen and oxygen atoms in total. The molecule has 4 rings (SSSR count). The van der Waals surface area contributed by atoms with Gasteiger partial charge in [0.15, 0.2) is 6.61 Å². The van der Waals surface area contributed by atoms with E-state index in [4.69, 9.17) is 20.9 Å². The van der Waals surface area contributed by atoms with Crippen molar-refractivity contribution in [3.63, 3.8) is 0 Å². The predicted octanol–water partition coefficient (Wildman–Crippen LogP) is 5.38. The fraction of sp³-hybridized carbons (Fsp3) is 0.0870. The van der Waals surface area contributed by atoms with Gasteiger partial charge in [0, 0.05) is 5.69 Å². The molecule has 1 N–H and O–H groups in total. The van der Waals surface area contributed by atoms with Crippen molar-refractivity contribution in [2.75, 3.05) is 11.9 Å². The maximum atomic E-state index is 12.3. The first kappa shape index (κ1) is 19.7. The Balaban J connectivity index is 1.50. The molecule has 30 heavy (non-hydrogen) atoms. The molecule has 0 fully saturated rings. The lowest BCUT2D eigenvalue weighted by molar-refractivity contribution is -0.118. The molecule has 0 bridgehead atoms. The van der Waals surface area contributed by atoms with Gasteiger partial charge in [-0.05, 0) is 42.8 Å². The maximum absolute atomic E-state index is 12.3. The fourth-order valence-corrected chi connectivity index (χ4v) is 3.11. The summed E-state index contributed by atoms with van der Waals surface area (Å²) >= 11 is 6.21. The molecular weight excluding hydrogens is 402 g/mol. The van der Waals surface area contributed by atoms with Crippen LogP contribution in [0.5, 0.6) is 5.75 Å². The molecule has 0 radical (unpaired) electrons. The lowest BCUT2D eigenvalue weighted by Crippen LogP contribution is -2.20. The fourth-order valence-electron chi connectivity index (χ4n) is 2.90. The molecule has 7 heteroatoms. The molecule has 1 aromatic heterocycles. The first-order valence-corrected chi connectivity index (χ1v) is 9.66. The van der Waals surface area contributed by atoms with E-state index in [1.54, 1.807) is 24.3 Å².